The first-order valence-corrected chi connectivity index (χ1v) is 21.7. The molecule has 0 fully saturated rings. The summed E-state index contributed by atoms with van der Waals surface area (Å²) in [6, 6.07) is 74.0. The predicted octanol–water partition coefficient (Wildman–Crippen LogP) is 15.7. The lowest BCUT2D eigenvalue weighted by Crippen LogP contribution is -2.29. The van der Waals surface area contributed by atoms with Crippen LogP contribution in [0.1, 0.15) is 58.4 Å². The van der Waals surface area contributed by atoms with Gasteiger partial charge in [-0.15, -0.1) is 0 Å². The van der Waals surface area contributed by atoms with Crippen LogP contribution in [0.15, 0.2) is 200 Å². The van der Waals surface area contributed by atoms with Crippen LogP contribution in [0.3, 0.4) is 0 Å². The number of benzene rings is 9. The van der Waals surface area contributed by atoms with E-state index in [4.69, 9.17) is 4.74 Å². The van der Waals surface area contributed by atoms with Gasteiger partial charge in [-0.25, -0.2) is 0 Å². The van der Waals surface area contributed by atoms with E-state index >= 15 is 0 Å². The molecule has 9 aromatic carbocycles. The molecule has 1 aliphatic heterocycles. The van der Waals surface area contributed by atoms with Gasteiger partial charge in [0.05, 0.1) is 5.41 Å². The first kappa shape index (κ1) is 35.1. The van der Waals surface area contributed by atoms with E-state index in [1.807, 2.05) is 0 Å². The van der Waals surface area contributed by atoms with Gasteiger partial charge in [0.25, 0.3) is 0 Å². The Labute approximate surface area is 362 Å². The van der Waals surface area contributed by atoms with Crippen LogP contribution in [0.4, 0.5) is 17.1 Å². The van der Waals surface area contributed by atoms with Gasteiger partial charge in [-0.1, -0.05) is 178 Å². The number of para-hydroxylation sites is 1. The summed E-state index contributed by atoms with van der Waals surface area (Å²) in [5.41, 5.74) is 22.7. The van der Waals surface area contributed by atoms with Crippen LogP contribution in [0, 0.1) is 0 Å². The van der Waals surface area contributed by atoms with Crippen molar-refractivity contribution in [3.05, 3.63) is 245 Å². The lowest BCUT2D eigenvalue weighted by molar-refractivity contribution is 0.488. The maximum atomic E-state index is 6.76. The molecule has 62 heavy (non-hydrogen) atoms. The Morgan fingerprint density at radius 3 is 1.48 bits per heavy atom. The van der Waals surface area contributed by atoms with Gasteiger partial charge in [0, 0.05) is 33.6 Å². The zero-order valence-corrected chi connectivity index (χ0v) is 34.6. The van der Waals surface area contributed by atoms with Gasteiger partial charge >= 0.3 is 0 Å². The Bertz CT molecular complexity index is 3330. The average Bonchev–Trinajstić information content (AvgIpc) is 3.59. The lowest BCUT2D eigenvalue weighted by Gasteiger charge is -2.35. The highest BCUT2D eigenvalue weighted by atomic mass is 16.5. The van der Waals surface area contributed by atoms with Crippen LogP contribution in [-0.2, 0) is 10.8 Å². The van der Waals surface area contributed by atoms with E-state index in [9.17, 15) is 0 Å². The molecule has 9 aromatic rings. The molecule has 0 aromatic heterocycles. The summed E-state index contributed by atoms with van der Waals surface area (Å²) < 4.78 is 6.76. The highest BCUT2D eigenvalue weighted by Gasteiger charge is 2.48. The summed E-state index contributed by atoms with van der Waals surface area (Å²) in [4.78, 5) is 2.46. The Kier molecular flexibility index (Phi) is 7.31. The van der Waals surface area contributed by atoms with Crippen molar-refractivity contribution in [1.29, 1.82) is 0 Å². The molecular formula is C60H41NO. The predicted molar refractivity (Wildman–Crippen MR) is 256 cm³/mol. The quantitative estimate of drug-likeness (QED) is 0.177. The van der Waals surface area contributed by atoms with Crippen molar-refractivity contribution in [2.45, 2.75) is 24.7 Å². The molecule has 4 aliphatic rings. The minimum atomic E-state index is -0.491. The first-order chi connectivity index (χ1) is 30.5. The molecule has 2 nitrogen and oxygen atoms in total. The summed E-state index contributed by atoms with van der Waals surface area (Å²) in [6.45, 7) is 4.73. The molecule has 2 heteroatoms. The first-order valence-electron chi connectivity index (χ1n) is 21.7. The van der Waals surface area contributed by atoms with E-state index in [1.165, 1.54) is 72.3 Å². The fourth-order valence-electron chi connectivity index (χ4n) is 11.4. The second-order valence-corrected chi connectivity index (χ2v) is 17.6. The molecule has 0 atom stereocenters. The number of anilines is 3. The molecule has 0 saturated carbocycles. The van der Waals surface area contributed by atoms with Crippen molar-refractivity contribution >= 4 is 29.2 Å². The molecular weight excluding hydrogens is 751 g/mol. The Morgan fingerprint density at radius 1 is 0.323 bits per heavy atom. The monoisotopic (exact) mass is 791 g/mol. The SMILES string of the molecule is CC1(C)c2ccccc2-c2ccc(N(c3ccc4c(c3)-c3ccccc3-c3ccccc3O4)c3ccc4c(c3)-c3ccccc3C43c4ccccc4C=Cc4ccccc43)cc21. The van der Waals surface area contributed by atoms with Gasteiger partial charge in [-0.3, -0.25) is 0 Å². The normalized spacial score (nSPS) is 14.6. The lowest BCUT2D eigenvalue weighted by atomic mass is 9.66. The molecule has 292 valence electrons. The zero-order valence-electron chi connectivity index (χ0n) is 34.6. The summed E-state index contributed by atoms with van der Waals surface area (Å²) in [6.07, 6.45) is 4.60. The molecule has 1 spiro atoms. The highest BCUT2D eigenvalue weighted by Crippen LogP contribution is 2.60. The summed E-state index contributed by atoms with van der Waals surface area (Å²) in [5.74, 6) is 1.72. The van der Waals surface area contributed by atoms with Gasteiger partial charge in [0.15, 0.2) is 0 Å². The highest BCUT2D eigenvalue weighted by molar-refractivity contribution is 5.96. The van der Waals surface area contributed by atoms with E-state index < -0.39 is 5.41 Å². The molecule has 13 rings (SSSR count). The molecule has 1 heterocycles. The standard InChI is InChI=1S/C60H41NO/c1-59(2)53-24-12-7-19-45(53)47-32-29-42(37-56(47)59)61(41-31-34-58-50(36-41)44-18-6-5-17-43(44)48-21-9-14-26-57(48)62-58)40-30-33-55-49(35-40)46-20-8-13-25-54(46)60(55)51-22-10-3-15-38(51)27-28-39-16-4-11-23-52(39)60/h3-37H,1-2H3. The van der Waals surface area contributed by atoms with E-state index in [1.54, 1.807) is 0 Å². The third kappa shape index (κ3) is 4.75. The van der Waals surface area contributed by atoms with Crippen LogP contribution in [-0.4, -0.2) is 0 Å². The van der Waals surface area contributed by atoms with E-state index in [2.05, 4.69) is 231 Å². The maximum Gasteiger partial charge on any atom is 0.135 e. The van der Waals surface area contributed by atoms with Crippen molar-refractivity contribution in [2.75, 3.05) is 4.90 Å². The van der Waals surface area contributed by atoms with Crippen LogP contribution >= 0.6 is 0 Å². The maximum absolute atomic E-state index is 6.76. The van der Waals surface area contributed by atoms with Gasteiger partial charge < -0.3 is 9.64 Å². The second-order valence-electron chi connectivity index (χ2n) is 17.6. The Morgan fingerprint density at radius 2 is 0.774 bits per heavy atom. The second kappa shape index (κ2) is 12.9. The van der Waals surface area contributed by atoms with E-state index in [0.717, 1.165) is 45.3 Å². The number of rotatable bonds is 3. The molecule has 0 radical (unpaired) electrons. The van der Waals surface area contributed by atoms with Crippen molar-refractivity contribution in [3.8, 4) is 56.0 Å². The van der Waals surface area contributed by atoms with Crippen molar-refractivity contribution in [3.63, 3.8) is 0 Å². The smallest absolute Gasteiger partial charge is 0.135 e. The molecule has 3 aliphatic carbocycles. The van der Waals surface area contributed by atoms with Crippen molar-refractivity contribution < 1.29 is 4.74 Å². The summed E-state index contributed by atoms with van der Waals surface area (Å²) in [7, 11) is 0. The number of nitrogens with zero attached hydrogens (tertiary/aromatic N) is 1. The van der Waals surface area contributed by atoms with Gasteiger partial charge in [-0.2, -0.15) is 0 Å². The molecule has 0 unspecified atom stereocenters. The third-order valence-corrected chi connectivity index (χ3v) is 14.1. The molecule has 0 saturated heterocycles. The Balaban J connectivity index is 1.06. The van der Waals surface area contributed by atoms with Crippen LogP contribution in [0.5, 0.6) is 11.5 Å². The largest absolute Gasteiger partial charge is 0.456 e. The van der Waals surface area contributed by atoms with Crippen molar-refractivity contribution in [2.24, 2.45) is 0 Å². The Hall–Kier alpha value is -7.68. The molecule has 0 N–H and O–H groups in total. The third-order valence-electron chi connectivity index (χ3n) is 14.1. The minimum absolute atomic E-state index is 0.155. The minimum Gasteiger partial charge on any atom is -0.456 e. The van der Waals surface area contributed by atoms with E-state index in [0.29, 0.717) is 0 Å². The summed E-state index contributed by atoms with van der Waals surface area (Å²) >= 11 is 0. The fraction of sp³-hybridized carbons (Fsp3) is 0.0667. The number of hydrogen-bond acceptors (Lipinski definition) is 2. The van der Waals surface area contributed by atoms with Gasteiger partial charge in [-0.05, 0) is 126 Å². The summed E-state index contributed by atoms with van der Waals surface area (Å²) in [5, 5.41) is 0. The number of fused-ring (bicyclic) bond motifs is 17. The molecule has 0 amide bonds. The van der Waals surface area contributed by atoms with E-state index in [-0.39, 0.29) is 5.41 Å². The number of ether oxygens (including phenoxy) is 1. The van der Waals surface area contributed by atoms with Crippen LogP contribution in [0.25, 0.3) is 56.7 Å². The number of hydrogen-bond donors (Lipinski definition) is 0. The van der Waals surface area contributed by atoms with Gasteiger partial charge in [0.2, 0.25) is 0 Å². The van der Waals surface area contributed by atoms with Crippen LogP contribution in [0.2, 0.25) is 0 Å². The average molecular weight is 792 g/mol. The topological polar surface area (TPSA) is 12.5 Å². The van der Waals surface area contributed by atoms with Gasteiger partial charge in [0.1, 0.15) is 11.5 Å². The van der Waals surface area contributed by atoms with Crippen LogP contribution < -0.4 is 9.64 Å². The molecule has 0 bridgehead atoms. The fourth-order valence-corrected chi connectivity index (χ4v) is 11.4. The van der Waals surface area contributed by atoms with Crippen molar-refractivity contribution in [1.82, 2.24) is 0 Å². The zero-order chi connectivity index (χ0) is 41.2.